The minimum Gasteiger partial charge on any atom is -0.543 e. The smallest absolute Gasteiger partial charge is 0.543 e. The maximum absolute atomic E-state index is 9.92. The van der Waals surface area contributed by atoms with E-state index in [0.29, 0.717) is 6.67 Å². The van der Waals surface area contributed by atoms with Crippen LogP contribution in [0.4, 0.5) is 0 Å². The molecule has 0 radical (unpaired) electrons. The number of carbonyl (C=O) groups excluding carboxylic acids is 1. The van der Waals surface area contributed by atoms with Crippen molar-refractivity contribution >= 4 is 5.97 Å². The van der Waals surface area contributed by atoms with Crippen LogP contribution in [-0.2, 0) is 4.79 Å². The molecule has 0 aromatic rings. The van der Waals surface area contributed by atoms with Crippen LogP contribution in [0, 0.1) is 0 Å². The molecule has 0 fully saturated rings. The van der Waals surface area contributed by atoms with Crippen LogP contribution in [0.1, 0.15) is 0 Å². The van der Waals surface area contributed by atoms with E-state index in [2.05, 4.69) is 10.6 Å². The molecule has 0 spiro atoms. The molecular formula is C4H5LiN2O2. The minimum atomic E-state index is -1.17. The predicted octanol–water partition coefficient (Wildman–Crippen LogP) is -5.27. The molecule has 0 atom stereocenters. The summed E-state index contributed by atoms with van der Waals surface area (Å²) in [6.45, 7) is 0.476. The van der Waals surface area contributed by atoms with E-state index in [1.807, 2.05) is 0 Å². The number of hydrogen-bond donors (Lipinski definition) is 2. The third-order valence-electron chi connectivity index (χ3n) is 0.847. The van der Waals surface area contributed by atoms with E-state index in [1.165, 1.54) is 6.20 Å². The van der Waals surface area contributed by atoms with Gasteiger partial charge in [0.1, 0.15) is 0 Å². The van der Waals surface area contributed by atoms with Crippen LogP contribution in [0.3, 0.4) is 0 Å². The van der Waals surface area contributed by atoms with Gasteiger partial charge in [0.05, 0.1) is 18.3 Å². The van der Waals surface area contributed by atoms with Crippen molar-refractivity contribution in [3.8, 4) is 0 Å². The summed E-state index contributed by atoms with van der Waals surface area (Å²) in [6, 6.07) is 0. The van der Waals surface area contributed by atoms with E-state index in [4.69, 9.17) is 0 Å². The third-order valence-corrected chi connectivity index (χ3v) is 0.847. The first kappa shape index (κ1) is 8.41. The van der Waals surface area contributed by atoms with Gasteiger partial charge in [-0.15, -0.1) is 0 Å². The third kappa shape index (κ3) is 2.00. The number of hydrogen-bond acceptors (Lipinski definition) is 4. The van der Waals surface area contributed by atoms with Gasteiger partial charge in [-0.2, -0.15) is 0 Å². The second kappa shape index (κ2) is 3.44. The fourth-order valence-electron chi connectivity index (χ4n) is 0.481. The average molecular weight is 120 g/mol. The normalized spacial score (nSPS) is 14.4. The monoisotopic (exact) mass is 120 g/mol. The molecule has 0 saturated heterocycles. The van der Waals surface area contributed by atoms with Crippen LogP contribution in [0.5, 0.6) is 0 Å². The molecule has 1 heterocycles. The number of carboxylic acid groups (broad SMARTS) is 1. The summed E-state index contributed by atoms with van der Waals surface area (Å²) >= 11 is 0. The average Bonchev–Trinajstić information content (AvgIpc) is 2.12. The van der Waals surface area contributed by atoms with Crippen LogP contribution in [0.25, 0.3) is 0 Å². The Hall–Kier alpha value is -0.593. The zero-order valence-electron chi connectivity index (χ0n) is 5.10. The largest absolute Gasteiger partial charge is 1.00 e. The summed E-state index contributed by atoms with van der Waals surface area (Å²) in [5, 5.41) is 15.1. The van der Waals surface area contributed by atoms with Crippen molar-refractivity contribution in [3.05, 3.63) is 11.9 Å². The Kier molecular flexibility index (Phi) is 3.21. The molecule has 1 aliphatic heterocycles. The van der Waals surface area contributed by atoms with Gasteiger partial charge < -0.3 is 20.5 Å². The summed E-state index contributed by atoms with van der Waals surface area (Å²) in [7, 11) is 0. The van der Waals surface area contributed by atoms with Crippen LogP contribution in [-0.4, -0.2) is 12.6 Å². The fourth-order valence-corrected chi connectivity index (χ4v) is 0.481. The Labute approximate surface area is 64.5 Å². The molecule has 4 nitrogen and oxygen atoms in total. The molecule has 0 aromatic heterocycles. The van der Waals surface area contributed by atoms with Gasteiger partial charge in [-0.05, 0) is 0 Å². The van der Waals surface area contributed by atoms with Crippen molar-refractivity contribution in [1.82, 2.24) is 10.6 Å². The first-order valence-corrected chi connectivity index (χ1v) is 2.19. The standard InChI is InChI=1S/C4H6N2O2.Li/c7-4(8)3-1-5-2-6-3;/h1,5-6H,2H2,(H,7,8);/q;+1/p-1. The van der Waals surface area contributed by atoms with Crippen LogP contribution in [0.2, 0.25) is 0 Å². The molecule has 0 aromatic carbocycles. The Bertz CT molecular complexity index is 146. The Morgan fingerprint density at radius 2 is 2.44 bits per heavy atom. The molecule has 1 aliphatic rings. The molecule has 5 heteroatoms. The van der Waals surface area contributed by atoms with E-state index in [9.17, 15) is 9.90 Å². The van der Waals surface area contributed by atoms with Crippen molar-refractivity contribution in [3.63, 3.8) is 0 Å². The molecular weight excluding hydrogens is 115 g/mol. The van der Waals surface area contributed by atoms with Crippen molar-refractivity contribution in [2.75, 3.05) is 6.67 Å². The summed E-state index contributed by atoms with van der Waals surface area (Å²) < 4.78 is 0. The maximum atomic E-state index is 9.92. The molecule has 0 amide bonds. The molecule has 1 rings (SSSR count). The Morgan fingerprint density at radius 3 is 2.67 bits per heavy atom. The van der Waals surface area contributed by atoms with Gasteiger partial charge in [-0.1, -0.05) is 0 Å². The second-order valence-corrected chi connectivity index (χ2v) is 1.40. The Balaban J connectivity index is 0.000000640. The molecule has 0 aliphatic carbocycles. The molecule has 9 heavy (non-hydrogen) atoms. The van der Waals surface area contributed by atoms with E-state index in [1.54, 1.807) is 0 Å². The molecule has 44 valence electrons. The maximum Gasteiger partial charge on any atom is 1.00 e. The number of rotatable bonds is 1. The van der Waals surface area contributed by atoms with Gasteiger partial charge >= 0.3 is 18.9 Å². The topological polar surface area (TPSA) is 64.2 Å². The van der Waals surface area contributed by atoms with E-state index in [-0.39, 0.29) is 24.6 Å². The molecule has 0 saturated carbocycles. The first-order valence-electron chi connectivity index (χ1n) is 2.19. The fraction of sp³-hybridized carbons (Fsp3) is 0.250. The van der Waals surface area contributed by atoms with Crippen molar-refractivity contribution in [2.45, 2.75) is 0 Å². The summed E-state index contributed by atoms with van der Waals surface area (Å²) in [5.41, 5.74) is 0.116. The first-order chi connectivity index (χ1) is 3.80. The number of aliphatic carboxylic acids is 1. The minimum absolute atomic E-state index is 0. The predicted molar refractivity (Wildman–Crippen MR) is 24.2 cm³/mol. The van der Waals surface area contributed by atoms with Crippen molar-refractivity contribution in [2.24, 2.45) is 0 Å². The zero-order valence-corrected chi connectivity index (χ0v) is 5.10. The van der Waals surface area contributed by atoms with E-state index < -0.39 is 5.97 Å². The van der Waals surface area contributed by atoms with Gasteiger partial charge in [0.2, 0.25) is 0 Å². The van der Waals surface area contributed by atoms with Gasteiger partial charge in [0, 0.05) is 6.20 Å². The molecule has 0 bridgehead atoms. The molecule has 2 N–H and O–H groups in total. The SMILES string of the molecule is O=C([O-])C1=CNCN1.[Li+]. The van der Waals surface area contributed by atoms with Gasteiger partial charge in [-0.25, -0.2) is 0 Å². The van der Waals surface area contributed by atoms with Gasteiger partial charge in [0.25, 0.3) is 0 Å². The summed E-state index contributed by atoms with van der Waals surface area (Å²) in [5.74, 6) is -1.17. The Morgan fingerprint density at radius 1 is 1.78 bits per heavy atom. The second-order valence-electron chi connectivity index (χ2n) is 1.40. The molecule has 0 unspecified atom stereocenters. The van der Waals surface area contributed by atoms with Crippen LogP contribution >= 0.6 is 0 Å². The quantitative estimate of drug-likeness (QED) is 0.339. The summed E-state index contributed by atoms with van der Waals surface area (Å²) in [4.78, 5) is 9.92. The van der Waals surface area contributed by atoms with Crippen LogP contribution in [0.15, 0.2) is 11.9 Å². The van der Waals surface area contributed by atoms with Crippen LogP contribution < -0.4 is 34.6 Å². The van der Waals surface area contributed by atoms with E-state index >= 15 is 0 Å². The summed E-state index contributed by atoms with van der Waals surface area (Å²) in [6.07, 6.45) is 1.37. The number of nitrogens with one attached hydrogen (secondary N) is 2. The zero-order chi connectivity index (χ0) is 5.98. The number of carboxylic acids is 1. The van der Waals surface area contributed by atoms with Crippen molar-refractivity contribution in [1.29, 1.82) is 0 Å². The van der Waals surface area contributed by atoms with Gasteiger partial charge in [0.15, 0.2) is 0 Å². The number of carbonyl (C=O) groups is 1. The van der Waals surface area contributed by atoms with Gasteiger partial charge in [-0.3, -0.25) is 0 Å². The van der Waals surface area contributed by atoms with E-state index in [0.717, 1.165) is 0 Å². The van der Waals surface area contributed by atoms with Crippen molar-refractivity contribution < 1.29 is 28.8 Å².